The van der Waals surface area contributed by atoms with Gasteiger partial charge in [-0.25, -0.2) is 14.8 Å². The van der Waals surface area contributed by atoms with Gasteiger partial charge in [0.2, 0.25) is 11.7 Å². The van der Waals surface area contributed by atoms with Crippen LogP contribution in [0.5, 0.6) is 0 Å². The number of hydrogen-bond acceptors (Lipinski definition) is 6. The van der Waals surface area contributed by atoms with E-state index in [2.05, 4.69) is 15.3 Å². The zero-order chi connectivity index (χ0) is 22.7. The summed E-state index contributed by atoms with van der Waals surface area (Å²) >= 11 is 0. The maximum atomic E-state index is 12.8. The predicted molar refractivity (Wildman–Crippen MR) is 106 cm³/mol. The number of anilines is 1. The van der Waals surface area contributed by atoms with Crippen LogP contribution in [0.1, 0.15) is 44.3 Å². The fraction of sp³-hybridized carbons (Fsp3) is 0.714. The zero-order valence-corrected chi connectivity index (χ0v) is 17.5. The van der Waals surface area contributed by atoms with Gasteiger partial charge in [0.25, 0.3) is 0 Å². The molecule has 3 N–H and O–H groups in total. The molecular formula is C21H26F3N5O3. The van der Waals surface area contributed by atoms with Gasteiger partial charge in [0.05, 0.1) is 5.41 Å². The summed E-state index contributed by atoms with van der Waals surface area (Å²) < 4.78 is 44.4. The molecule has 4 bridgehead atoms. The molecule has 4 saturated carbocycles. The van der Waals surface area contributed by atoms with Crippen molar-refractivity contribution in [2.45, 2.75) is 56.8 Å². The normalized spacial score (nSPS) is 35.7. The second-order valence-corrected chi connectivity index (χ2v) is 9.80. The first-order valence-electron chi connectivity index (χ1n) is 11.1. The van der Waals surface area contributed by atoms with Gasteiger partial charge in [-0.2, -0.15) is 13.2 Å². The Balaban J connectivity index is 1.18. The topological polar surface area (TPSA) is 110 Å². The summed E-state index contributed by atoms with van der Waals surface area (Å²) in [6.07, 6.45) is 0.567. The number of aromatic nitrogens is 2. The summed E-state index contributed by atoms with van der Waals surface area (Å²) in [7, 11) is 0. The largest absolute Gasteiger partial charge is 0.451 e. The van der Waals surface area contributed by atoms with E-state index in [1.54, 1.807) is 4.90 Å². The van der Waals surface area contributed by atoms with Gasteiger partial charge in [-0.15, -0.1) is 0 Å². The van der Waals surface area contributed by atoms with Crippen molar-refractivity contribution in [2.75, 3.05) is 18.4 Å². The van der Waals surface area contributed by atoms with E-state index in [4.69, 9.17) is 10.5 Å². The molecule has 0 radical (unpaired) electrons. The highest BCUT2D eigenvalue weighted by Gasteiger charge is 2.59. The van der Waals surface area contributed by atoms with E-state index < -0.39 is 23.5 Å². The van der Waals surface area contributed by atoms with Crippen molar-refractivity contribution in [3.63, 3.8) is 0 Å². The number of likely N-dealkylation sites (tertiary alicyclic amines) is 1. The summed E-state index contributed by atoms with van der Waals surface area (Å²) in [4.78, 5) is 33.3. The van der Waals surface area contributed by atoms with Crippen LogP contribution in [0.4, 0.5) is 23.8 Å². The fourth-order valence-corrected chi connectivity index (χ4v) is 6.49. The van der Waals surface area contributed by atoms with Crippen molar-refractivity contribution in [3.05, 3.63) is 18.1 Å². The number of amides is 2. The lowest BCUT2D eigenvalue weighted by Gasteiger charge is -2.58. The fourth-order valence-electron chi connectivity index (χ4n) is 6.49. The molecule has 32 heavy (non-hydrogen) atoms. The highest BCUT2D eigenvalue weighted by atomic mass is 19.4. The second kappa shape index (κ2) is 7.48. The molecule has 4 aliphatic carbocycles. The Morgan fingerprint density at radius 2 is 1.94 bits per heavy atom. The molecule has 11 heteroatoms. The average Bonchev–Trinajstić information content (AvgIpc) is 3.18. The van der Waals surface area contributed by atoms with Crippen molar-refractivity contribution >= 4 is 17.8 Å². The Labute approximate surface area is 183 Å². The Morgan fingerprint density at radius 3 is 2.59 bits per heavy atom. The van der Waals surface area contributed by atoms with Crippen LogP contribution in [0.3, 0.4) is 0 Å². The van der Waals surface area contributed by atoms with E-state index in [1.807, 2.05) is 0 Å². The molecule has 5 fully saturated rings. The van der Waals surface area contributed by atoms with Gasteiger partial charge in [-0.05, 0) is 62.3 Å². The van der Waals surface area contributed by atoms with E-state index in [-0.39, 0.29) is 35.7 Å². The molecule has 8 nitrogen and oxygen atoms in total. The Bertz CT molecular complexity index is 910. The van der Waals surface area contributed by atoms with Crippen LogP contribution >= 0.6 is 0 Å². The molecule has 1 aromatic rings. The molecule has 1 aliphatic heterocycles. The van der Waals surface area contributed by atoms with Gasteiger partial charge in [0, 0.05) is 25.3 Å². The molecule has 174 valence electrons. The Hall–Kier alpha value is -2.59. The quantitative estimate of drug-likeness (QED) is 0.726. The number of nitrogens with two attached hydrogens (primary N) is 1. The van der Waals surface area contributed by atoms with Gasteiger partial charge in [0.1, 0.15) is 11.9 Å². The minimum absolute atomic E-state index is 0.0744. The molecule has 5 unspecified atom stereocenters. The molecule has 6 atom stereocenters. The summed E-state index contributed by atoms with van der Waals surface area (Å²) in [5.74, 6) is -0.553. The van der Waals surface area contributed by atoms with Crippen molar-refractivity contribution in [2.24, 2.45) is 28.9 Å². The number of hydrogen-bond donors (Lipinski definition) is 2. The molecule has 5 aliphatic rings. The smallest absolute Gasteiger partial charge is 0.446 e. The number of ether oxygens (including phenoxy) is 1. The van der Waals surface area contributed by atoms with Gasteiger partial charge in [-0.1, -0.05) is 0 Å². The first-order valence-corrected chi connectivity index (χ1v) is 11.1. The number of carbonyl (C=O) groups excluding carboxylic acids is 2. The third kappa shape index (κ3) is 3.75. The minimum atomic E-state index is -4.62. The van der Waals surface area contributed by atoms with Crippen LogP contribution in [0.25, 0.3) is 0 Å². The second-order valence-electron chi connectivity index (χ2n) is 9.80. The summed E-state index contributed by atoms with van der Waals surface area (Å²) in [6, 6.07) is 1.15. The van der Waals surface area contributed by atoms with Crippen molar-refractivity contribution in [3.8, 4) is 0 Å². The lowest BCUT2D eigenvalue weighted by atomic mass is 9.48. The van der Waals surface area contributed by atoms with Gasteiger partial charge >= 0.3 is 12.3 Å². The lowest BCUT2D eigenvalue weighted by Crippen LogP contribution is -2.59. The standard InChI is InChI=1S/C21H26F3N5O3/c22-21(23,24)18-26-3-1-15(28-18)27-14-2-4-29(10-14)19(31)32-16-12-5-11-6-13(16)9-20(7-11,8-12)17(25)30/h1,3,11-14,16H,2,4-10H2,(H2,25,30)(H,26,27,28)/t11?,12-,13?,14?,16?,20?/m1/s1. The number of primary amides is 1. The zero-order valence-electron chi connectivity index (χ0n) is 17.5. The first-order chi connectivity index (χ1) is 15.1. The van der Waals surface area contributed by atoms with Crippen LogP contribution in [-0.4, -0.2) is 52.1 Å². The van der Waals surface area contributed by atoms with E-state index in [9.17, 15) is 22.8 Å². The molecule has 1 aromatic heterocycles. The van der Waals surface area contributed by atoms with Gasteiger partial charge in [-0.3, -0.25) is 4.79 Å². The number of halogens is 3. The Kier molecular flexibility index (Phi) is 4.97. The van der Waals surface area contributed by atoms with Crippen molar-refractivity contribution in [1.82, 2.24) is 14.9 Å². The third-order valence-electron chi connectivity index (χ3n) is 7.65. The molecule has 0 aromatic carbocycles. The number of carbonyl (C=O) groups is 2. The van der Waals surface area contributed by atoms with Crippen LogP contribution < -0.4 is 11.1 Å². The highest BCUT2D eigenvalue weighted by Crippen LogP contribution is 2.60. The van der Waals surface area contributed by atoms with E-state index in [0.29, 0.717) is 38.3 Å². The van der Waals surface area contributed by atoms with Crippen molar-refractivity contribution in [1.29, 1.82) is 0 Å². The molecular weight excluding hydrogens is 427 g/mol. The monoisotopic (exact) mass is 453 g/mol. The van der Waals surface area contributed by atoms with E-state index in [1.165, 1.54) is 6.07 Å². The van der Waals surface area contributed by atoms with Crippen LogP contribution in [0.15, 0.2) is 12.3 Å². The number of rotatable bonds is 4. The molecule has 6 rings (SSSR count). The molecule has 1 saturated heterocycles. The van der Waals surface area contributed by atoms with Gasteiger partial charge in [0.15, 0.2) is 0 Å². The first kappa shape index (κ1) is 21.3. The van der Waals surface area contributed by atoms with E-state index in [0.717, 1.165) is 25.5 Å². The number of nitrogens with one attached hydrogen (secondary N) is 1. The minimum Gasteiger partial charge on any atom is -0.446 e. The van der Waals surface area contributed by atoms with Crippen LogP contribution in [-0.2, 0) is 15.7 Å². The molecule has 2 heterocycles. The van der Waals surface area contributed by atoms with Gasteiger partial charge < -0.3 is 20.7 Å². The SMILES string of the molecule is NC(=O)C12CC3CC(C1)C(OC(=O)N1CCC(Nc4ccnc(C(F)(F)F)n4)C1)[C@H](C3)C2. The summed E-state index contributed by atoms with van der Waals surface area (Å²) in [5.41, 5.74) is 5.28. The average molecular weight is 453 g/mol. The van der Waals surface area contributed by atoms with E-state index >= 15 is 0 Å². The number of nitrogens with zero attached hydrogens (tertiary/aromatic N) is 3. The predicted octanol–water partition coefficient (Wildman–Crippen LogP) is 2.80. The third-order valence-corrected chi connectivity index (χ3v) is 7.65. The van der Waals surface area contributed by atoms with Crippen LogP contribution in [0, 0.1) is 23.2 Å². The Morgan fingerprint density at radius 1 is 1.22 bits per heavy atom. The summed E-state index contributed by atoms with van der Waals surface area (Å²) in [5, 5.41) is 2.96. The summed E-state index contributed by atoms with van der Waals surface area (Å²) in [6.45, 7) is 0.768. The lowest BCUT2D eigenvalue weighted by molar-refractivity contribution is -0.161. The highest BCUT2D eigenvalue weighted by molar-refractivity contribution is 5.81. The van der Waals surface area contributed by atoms with Crippen LogP contribution in [0.2, 0.25) is 0 Å². The number of alkyl halides is 3. The van der Waals surface area contributed by atoms with Crippen molar-refractivity contribution < 1.29 is 27.5 Å². The maximum absolute atomic E-state index is 12.8. The molecule has 2 amide bonds. The molecule has 0 spiro atoms. The maximum Gasteiger partial charge on any atom is 0.451 e.